The Hall–Kier alpha value is -3.10. The minimum absolute atomic E-state index is 0.0695. The molecule has 0 aliphatic carbocycles. The summed E-state index contributed by atoms with van der Waals surface area (Å²) >= 11 is 0. The number of benzene rings is 2. The maximum absolute atomic E-state index is 13.2. The first-order valence-corrected chi connectivity index (χ1v) is 11.1. The molecule has 3 rings (SSSR count). The highest BCUT2D eigenvalue weighted by atomic mass is 16.5. The van der Waals surface area contributed by atoms with Gasteiger partial charge in [0.05, 0.1) is 18.8 Å². The van der Waals surface area contributed by atoms with E-state index in [1.807, 2.05) is 6.92 Å². The molecule has 0 spiro atoms. The molecule has 8 nitrogen and oxygen atoms in total. The summed E-state index contributed by atoms with van der Waals surface area (Å²) in [7, 11) is 4.98. The highest BCUT2D eigenvalue weighted by Gasteiger charge is 2.25. The number of fused-ring (bicyclic) bond motifs is 1. The Morgan fingerprint density at radius 1 is 1.18 bits per heavy atom. The van der Waals surface area contributed by atoms with Gasteiger partial charge in [0.25, 0.3) is 11.8 Å². The molecule has 0 saturated carbocycles. The highest BCUT2D eigenvalue weighted by Crippen LogP contribution is 2.26. The third-order valence-electron chi connectivity index (χ3n) is 5.82. The van der Waals surface area contributed by atoms with Crippen molar-refractivity contribution in [2.24, 2.45) is 5.92 Å². The molecular weight excluding hydrogens is 422 g/mol. The molecule has 3 atom stereocenters. The number of nitrogens with zero attached hydrogens (tertiary/aromatic N) is 1. The molecule has 0 saturated heterocycles. The molecule has 1 aliphatic heterocycles. The van der Waals surface area contributed by atoms with Crippen molar-refractivity contribution < 1.29 is 23.8 Å². The molecule has 1 aliphatic rings. The van der Waals surface area contributed by atoms with Crippen LogP contribution in [0.5, 0.6) is 11.5 Å². The van der Waals surface area contributed by atoms with E-state index in [0.29, 0.717) is 41.5 Å². The smallest absolute Gasteiger partial charge is 0.257 e. The molecule has 2 amide bonds. The van der Waals surface area contributed by atoms with E-state index in [1.165, 1.54) is 0 Å². The lowest BCUT2D eigenvalue weighted by Gasteiger charge is -2.30. The van der Waals surface area contributed by atoms with Crippen LogP contribution in [-0.4, -0.2) is 69.8 Å². The van der Waals surface area contributed by atoms with Gasteiger partial charge >= 0.3 is 0 Å². The molecule has 8 heteroatoms. The van der Waals surface area contributed by atoms with E-state index < -0.39 is 0 Å². The SMILES string of the molecule is COc1cccc(C(=O)Nc2ccc3c(c2)OC[C@H](C)NC[C@@H](C)[C@@H](OC)CN(C)C3=O)c1. The van der Waals surface area contributed by atoms with E-state index in [2.05, 4.69) is 17.6 Å². The number of hydrogen-bond acceptors (Lipinski definition) is 6. The standard InChI is InChI=1S/C25H33N3O5/c1-16-13-26-17(2)15-33-22-12-19(27-24(29)18-7-6-8-20(11-18)31-4)9-10-21(22)25(30)28(3)14-23(16)32-5/h6-12,16-17,23,26H,13-15H2,1-5H3,(H,27,29)/t16-,17+,23+/m1/s1. The normalized spacial score (nSPS) is 21.8. The van der Waals surface area contributed by atoms with Crippen molar-refractivity contribution in [3.63, 3.8) is 0 Å². The monoisotopic (exact) mass is 455 g/mol. The van der Waals surface area contributed by atoms with E-state index in [-0.39, 0.29) is 29.9 Å². The van der Waals surface area contributed by atoms with Gasteiger partial charge in [-0.25, -0.2) is 0 Å². The quantitative estimate of drug-likeness (QED) is 0.737. The number of hydrogen-bond donors (Lipinski definition) is 2. The fourth-order valence-corrected chi connectivity index (χ4v) is 3.70. The number of nitrogens with one attached hydrogen (secondary N) is 2. The summed E-state index contributed by atoms with van der Waals surface area (Å²) in [6.45, 7) is 5.71. The summed E-state index contributed by atoms with van der Waals surface area (Å²) in [5, 5.41) is 6.33. The zero-order chi connectivity index (χ0) is 24.0. The van der Waals surface area contributed by atoms with E-state index >= 15 is 0 Å². The Bertz CT molecular complexity index is 980. The lowest BCUT2D eigenvalue weighted by atomic mass is 10.0. The summed E-state index contributed by atoms with van der Waals surface area (Å²) in [5.41, 5.74) is 1.44. The number of anilines is 1. The van der Waals surface area contributed by atoms with Gasteiger partial charge in [0, 0.05) is 50.6 Å². The first-order chi connectivity index (χ1) is 15.8. The van der Waals surface area contributed by atoms with Crippen molar-refractivity contribution in [2.45, 2.75) is 26.0 Å². The number of carbonyl (C=O) groups excluding carboxylic acids is 2. The first kappa shape index (κ1) is 24.5. The van der Waals surface area contributed by atoms with Gasteiger partial charge in [-0.1, -0.05) is 13.0 Å². The van der Waals surface area contributed by atoms with Crippen LogP contribution >= 0.6 is 0 Å². The molecule has 33 heavy (non-hydrogen) atoms. The molecule has 178 valence electrons. The van der Waals surface area contributed by atoms with Crippen molar-refractivity contribution in [1.82, 2.24) is 10.2 Å². The summed E-state index contributed by atoms with van der Waals surface area (Å²) in [6.07, 6.45) is -0.0936. The summed E-state index contributed by atoms with van der Waals surface area (Å²) in [6, 6.07) is 12.1. The number of ether oxygens (including phenoxy) is 3. The van der Waals surface area contributed by atoms with Crippen LogP contribution in [0.25, 0.3) is 0 Å². The Balaban J connectivity index is 1.86. The van der Waals surface area contributed by atoms with Crippen LogP contribution in [0.2, 0.25) is 0 Å². The molecule has 0 aromatic heterocycles. The van der Waals surface area contributed by atoms with Crippen molar-refractivity contribution in [2.75, 3.05) is 46.3 Å². The van der Waals surface area contributed by atoms with E-state index in [0.717, 1.165) is 6.54 Å². The maximum atomic E-state index is 13.2. The predicted molar refractivity (Wildman–Crippen MR) is 127 cm³/mol. The van der Waals surface area contributed by atoms with Crippen molar-refractivity contribution in [3.8, 4) is 11.5 Å². The number of likely N-dealkylation sites (N-methyl/N-ethyl adjacent to an activating group) is 1. The zero-order valence-electron chi connectivity index (χ0n) is 19.9. The lowest BCUT2D eigenvalue weighted by Crippen LogP contribution is -2.44. The zero-order valence-corrected chi connectivity index (χ0v) is 19.9. The van der Waals surface area contributed by atoms with Gasteiger partial charge in [-0.05, 0) is 43.2 Å². The average Bonchev–Trinajstić information content (AvgIpc) is 2.83. The van der Waals surface area contributed by atoms with E-state index in [9.17, 15) is 9.59 Å². The second kappa shape index (κ2) is 11.2. The highest BCUT2D eigenvalue weighted by molar-refractivity contribution is 6.05. The Morgan fingerprint density at radius 2 is 1.97 bits per heavy atom. The van der Waals surface area contributed by atoms with E-state index in [4.69, 9.17) is 14.2 Å². The van der Waals surface area contributed by atoms with Crippen LogP contribution in [0.3, 0.4) is 0 Å². The predicted octanol–water partition coefficient (Wildman–Crippen LogP) is 3.04. The van der Waals surface area contributed by atoms with Crippen molar-refractivity contribution in [3.05, 3.63) is 53.6 Å². The van der Waals surface area contributed by atoms with Gasteiger partial charge in [0.2, 0.25) is 0 Å². The van der Waals surface area contributed by atoms with Crippen LogP contribution < -0.4 is 20.1 Å². The topological polar surface area (TPSA) is 89.1 Å². The summed E-state index contributed by atoms with van der Waals surface area (Å²) in [4.78, 5) is 27.6. The molecular formula is C25H33N3O5. The molecule has 2 N–H and O–H groups in total. The Labute approximate surface area is 195 Å². The minimum atomic E-state index is -0.280. The van der Waals surface area contributed by atoms with Gasteiger partial charge in [0.15, 0.2) is 0 Å². The third-order valence-corrected chi connectivity index (χ3v) is 5.82. The molecule has 2 aromatic carbocycles. The second-order valence-electron chi connectivity index (χ2n) is 8.45. The molecule has 0 bridgehead atoms. The second-order valence-corrected chi connectivity index (χ2v) is 8.45. The van der Waals surface area contributed by atoms with Gasteiger partial charge in [0.1, 0.15) is 18.1 Å². The van der Waals surface area contributed by atoms with Crippen LogP contribution in [0.4, 0.5) is 5.69 Å². The van der Waals surface area contributed by atoms with Crippen molar-refractivity contribution in [1.29, 1.82) is 0 Å². The molecule has 1 heterocycles. The van der Waals surface area contributed by atoms with Gasteiger partial charge in [-0.15, -0.1) is 0 Å². The summed E-state index contributed by atoms with van der Waals surface area (Å²) in [5.74, 6) is 0.804. The average molecular weight is 456 g/mol. The Kier molecular flexibility index (Phi) is 8.30. The molecule has 0 radical (unpaired) electrons. The number of rotatable bonds is 4. The first-order valence-electron chi connectivity index (χ1n) is 11.1. The van der Waals surface area contributed by atoms with Gasteiger partial charge in [-0.2, -0.15) is 0 Å². The number of carbonyl (C=O) groups is 2. The van der Waals surface area contributed by atoms with Crippen molar-refractivity contribution >= 4 is 17.5 Å². The molecule has 0 unspecified atom stereocenters. The molecule has 0 fully saturated rings. The lowest BCUT2D eigenvalue weighted by molar-refractivity contribution is 0.0281. The number of methoxy groups -OCH3 is 2. The van der Waals surface area contributed by atoms with Crippen LogP contribution in [-0.2, 0) is 4.74 Å². The maximum Gasteiger partial charge on any atom is 0.257 e. The molecule has 2 aromatic rings. The Morgan fingerprint density at radius 3 is 2.70 bits per heavy atom. The third kappa shape index (κ3) is 6.24. The fourth-order valence-electron chi connectivity index (χ4n) is 3.70. The van der Waals surface area contributed by atoms with Gasteiger partial charge in [-0.3, -0.25) is 9.59 Å². The van der Waals surface area contributed by atoms with Crippen LogP contribution in [0, 0.1) is 5.92 Å². The van der Waals surface area contributed by atoms with Gasteiger partial charge < -0.3 is 29.7 Å². The van der Waals surface area contributed by atoms with E-state index in [1.54, 1.807) is 68.6 Å². The minimum Gasteiger partial charge on any atom is -0.497 e. The largest absolute Gasteiger partial charge is 0.497 e. The number of amides is 2. The van der Waals surface area contributed by atoms with Crippen LogP contribution in [0.1, 0.15) is 34.6 Å². The van der Waals surface area contributed by atoms with Crippen LogP contribution in [0.15, 0.2) is 42.5 Å². The summed E-state index contributed by atoms with van der Waals surface area (Å²) < 4.78 is 16.9. The fraction of sp³-hybridized carbons (Fsp3) is 0.440.